The number of nitrogen functional groups attached to an aromatic ring is 1. The Bertz CT molecular complexity index is 1110. The number of hydrogen-bond donors (Lipinski definition) is 3. The molecular formula is C18H19IN6O4S. The lowest BCUT2D eigenvalue weighted by Crippen LogP contribution is -2.33. The average Bonchev–Trinajstić information content (AvgIpc) is 3.30. The van der Waals surface area contributed by atoms with E-state index in [4.69, 9.17) is 15.2 Å². The van der Waals surface area contributed by atoms with Crippen LogP contribution in [0.2, 0.25) is 0 Å². The summed E-state index contributed by atoms with van der Waals surface area (Å²) in [6.45, 7) is 2.61. The predicted octanol–water partition coefficient (Wildman–Crippen LogP) is 1.78. The van der Waals surface area contributed by atoms with Gasteiger partial charge in [0.1, 0.15) is 12.4 Å². The minimum atomic E-state index is -1.04. The number of aliphatic hydroxyl groups excluding tert-OH is 1. The first-order valence-electron chi connectivity index (χ1n) is 9.13. The molecule has 3 aromatic rings. The van der Waals surface area contributed by atoms with Gasteiger partial charge >= 0.3 is 0 Å². The quantitative estimate of drug-likeness (QED) is 0.301. The second-order valence-electron chi connectivity index (χ2n) is 6.54. The third kappa shape index (κ3) is 4.25. The van der Waals surface area contributed by atoms with Crippen LogP contribution in [0.5, 0.6) is 11.5 Å². The maximum absolute atomic E-state index is 11.6. The molecule has 0 radical (unpaired) electrons. The van der Waals surface area contributed by atoms with E-state index in [0.717, 1.165) is 14.2 Å². The largest absolute Gasteiger partial charge is 0.454 e. The number of aliphatic hydroxyl groups is 1. The second-order valence-corrected chi connectivity index (χ2v) is 8.71. The van der Waals surface area contributed by atoms with E-state index in [1.165, 1.54) is 25.0 Å². The Morgan fingerprint density at radius 3 is 2.93 bits per heavy atom. The zero-order chi connectivity index (χ0) is 21.3. The maximum Gasteiger partial charge on any atom is 0.248 e. The average molecular weight is 542 g/mol. The normalized spacial score (nSPS) is 13.6. The topological polar surface area (TPSA) is 137 Å². The fourth-order valence-corrected chi connectivity index (χ4v) is 4.60. The lowest BCUT2D eigenvalue weighted by atomic mass is 10.3. The Morgan fingerprint density at radius 1 is 1.40 bits per heavy atom. The van der Waals surface area contributed by atoms with Crippen LogP contribution in [0.15, 0.2) is 28.5 Å². The number of hydrogen-bond acceptors (Lipinski definition) is 9. The van der Waals surface area contributed by atoms with Gasteiger partial charge in [0.25, 0.3) is 0 Å². The van der Waals surface area contributed by atoms with Crippen LogP contribution < -0.4 is 20.5 Å². The highest BCUT2D eigenvalue weighted by Crippen LogP contribution is 2.41. The molecule has 30 heavy (non-hydrogen) atoms. The molecule has 0 saturated carbocycles. The first-order chi connectivity index (χ1) is 14.4. The van der Waals surface area contributed by atoms with Crippen LogP contribution in [0.1, 0.15) is 13.3 Å². The Kier molecular flexibility index (Phi) is 6.15. The minimum absolute atomic E-state index is 0.211. The number of amides is 1. The number of anilines is 1. The number of fused-ring (bicyclic) bond motifs is 2. The lowest BCUT2D eigenvalue weighted by molar-refractivity contribution is -0.128. The number of carbonyl (C=O) groups excluding carboxylic acids is 1. The van der Waals surface area contributed by atoms with Gasteiger partial charge in [-0.2, -0.15) is 0 Å². The Labute approximate surface area is 189 Å². The van der Waals surface area contributed by atoms with Gasteiger partial charge < -0.3 is 30.2 Å². The summed E-state index contributed by atoms with van der Waals surface area (Å²) in [4.78, 5) is 25.6. The summed E-state index contributed by atoms with van der Waals surface area (Å²) in [7, 11) is 0. The second kappa shape index (κ2) is 8.81. The number of carbonyl (C=O) groups is 1. The molecule has 0 spiro atoms. The first kappa shape index (κ1) is 20.9. The molecule has 4 N–H and O–H groups in total. The summed E-state index contributed by atoms with van der Waals surface area (Å²) in [5.41, 5.74) is 7.16. The zero-order valence-corrected chi connectivity index (χ0v) is 18.9. The van der Waals surface area contributed by atoms with Gasteiger partial charge in [-0.15, -0.1) is 0 Å². The number of nitrogens with two attached hydrogens (primary N) is 1. The van der Waals surface area contributed by atoms with Gasteiger partial charge in [-0.1, -0.05) is 11.8 Å². The van der Waals surface area contributed by atoms with Gasteiger partial charge in [0.15, 0.2) is 33.6 Å². The number of aromatic nitrogens is 4. The molecule has 4 rings (SSSR count). The van der Waals surface area contributed by atoms with E-state index in [1.54, 1.807) is 0 Å². The highest BCUT2D eigenvalue weighted by molar-refractivity contribution is 14.1. The number of halogens is 1. The van der Waals surface area contributed by atoms with Crippen molar-refractivity contribution in [3.8, 4) is 11.5 Å². The van der Waals surface area contributed by atoms with E-state index in [2.05, 4.69) is 42.9 Å². The maximum atomic E-state index is 11.6. The summed E-state index contributed by atoms with van der Waals surface area (Å²) in [6, 6.07) is 3.86. The smallest absolute Gasteiger partial charge is 0.248 e. The SMILES string of the molecule is C[C@H](O)C(=O)NCCCn1c(Sc2cc3c(cc2I)OCO3)nc2c(N)ncnc21. The van der Waals surface area contributed by atoms with Gasteiger partial charge in [-0.3, -0.25) is 4.79 Å². The Hall–Kier alpha value is -2.32. The molecule has 0 unspecified atom stereocenters. The highest BCUT2D eigenvalue weighted by atomic mass is 127. The van der Waals surface area contributed by atoms with Gasteiger partial charge in [-0.05, 0) is 48.1 Å². The van der Waals surface area contributed by atoms with Gasteiger partial charge in [0, 0.05) is 21.6 Å². The molecular weight excluding hydrogens is 523 g/mol. The molecule has 10 nitrogen and oxygen atoms in total. The molecule has 1 amide bonds. The van der Waals surface area contributed by atoms with E-state index in [-0.39, 0.29) is 6.79 Å². The van der Waals surface area contributed by atoms with Crippen LogP contribution in [-0.4, -0.2) is 50.0 Å². The zero-order valence-electron chi connectivity index (χ0n) is 16.0. The predicted molar refractivity (Wildman–Crippen MR) is 118 cm³/mol. The van der Waals surface area contributed by atoms with E-state index < -0.39 is 12.0 Å². The number of imidazole rings is 1. The molecule has 0 bridgehead atoms. The molecule has 0 saturated heterocycles. The third-order valence-corrected chi connectivity index (χ3v) is 6.70. The summed E-state index contributed by atoms with van der Waals surface area (Å²) in [6.07, 6.45) is 0.995. The monoisotopic (exact) mass is 542 g/mol. The number of nitrogens with one attached hydrogen (secondary N) is 1. The van der Waals surface area contributed by atoms with Crippen LogP contribution in [-0.2, 0) is 11.3 Å². The molecule has 0 aliphatic carbocycles. The number of aryl methyl sites for hydroxylation is 1. The molecule has 2 aromatic heterocycles. The van der Waals surface area contributed by atoms with E-state index in [9.17, 15) is 9.90 Å². The van der Waals surface area contributed by atoms with Crippen molar-refractivity contribution in [3.05, 3.63) is 22.0 Å². The molecule has 158 valence electrons. The van der Waals surface area contributed by atoms with Crippen molar-refractivity contribution >= 4 is 57.2 Å². The number of nitrogens with zero attached hydrogens (tertiary/aromatic N) is 4. The van der Waals surface area contributed by atoms with Crippen LogP contribution >= 0.6 is 34.4 Å². The van der Waals surface area contributed by atoms with Gasteiger partial charge in [-0.25, -0.2) is 15.0 Å². The molecule has 12 heteroatoms. The first-order valence-corrected chi connectivity index (χ1v) is 11.0. The molecule has 3 heterocycles. The van der Waals surface area contributed by atoms with Crippen molar-refractivity contribution in [1.82, 2.24) is 24.8 Å². The molecule has 0 fully saturated rings. The summed E-state index contributed by atoms with van der Waals surface area (Å²) >= 11 is 3.72. The van der Waals surface area contributed by atoms with Crippen LogP contribution in [0.25, 0.3) is 11.2 Å². The van der Waals surface area contributed by atoms with E-state index in [1.807, 2.05) is 16.7 Å². The van der Waals surface area contributed by atoms with Gasteiger partial charge in [0.2, 0.25) is 12.7 Å². The Morgan fingerprint density at radius 2 is 2.17 bits per heavy atom. The standard InChI is InChI=1S/C18H19IN6O4S/c1-9(26)17(27)21-3-2-4-25-16-14(15(20)22-7-23-16)24-18(25)30-13-6-12-11(5-10(13)19)28-8-29-12/h5-7,9,26H,2-4,8H2,1H3,(H,21,27)(H2,20,22,23)/t9-/m0/s1. The summed E-state index contributed by atoms with van der Waals surface area (Å²) in [5.74, 6) is 1.33. The highest BCUT2D eigenvalue weighted by Gasteiger charge is 2.20. The van der Waals surface area contributed by atoms with Crippen molar-refractivity contribution in [2.45, 2.75) is 36.0 Å². The number of benzene rings is 1. The summed E-state index contributed by atoms with van der Waals surface area (Å²) in [5, 5.41) is 12.7. The third-order valence-electron chi connectivity index (χ3n) is 4.39. The Balaban J connectivity index is 1.60. The van der Waals surface area contributed by atoms with Crippen molar-refractivity contribution in [2.24, 2.45) is 0 Å². The molecule has 1 aliphatic rings. The lowest BCUT2D eigenvalue weighted by Gasteiger charge is -2.11. The minimum Gasteiger partial charge on any atom is -0.454 e. The van der Waals surface area contributed by atoms with E-state index >= 15 is 0 Å². The van der Waals surface area contributed by atoms with Gasteiger partial charge in [0.05, 0.1) is 0 Å². The van der Waals surface area contributed by atoms with E-state index in [0.29, 0.717) is 47.4 Å². The van der Waals surface area contributed by atoms with Crippen molar-refractivity contribution < 1.29 is 19.4 Å². The molecule has 1 atom stereocenters. The summed E-state index contributed by atoms with van der Waals surface area (Å²) < 4.78 is 13.9. The van der Waals surface area contributed by atoms with Crippen LogP contribution in [0, 0.1) is 3.57 Å². The number of ether oxygens (including phenoxy) is 2. The van der Waals surface area contributed by atoms with Crippen molar-refractivity contribution in [3.63, 3.8) is 0 Å². The van der Waals surface area contributed by atoms with Crippen molar-refractivity contribution in [1.29, 1.82) is 0 Å². The van der Waals surface area contributed by atoms with Crippen molar-refractivity contribution in [2.75, 3.05) is 19.1 Å². The fourth-order valence-electron chi connectivity index (χ4n) is 2.88. The molecule has 1 aliphatic heterocycles. The van der Waals surface area contributed by atoms with Crippen LogP contribution in [0.4, 0.5) is 5.82 Å². The number of rotatable bonds is 7. The van der Waals surface area contributed by atoms with Crippen LogP contribution in [0.3, 0.4) is 0 Å². The molecule has 1 aromatic carbocycles. The fraction of sp³-hybridized carbons (Fsp3) is 0.333.